The van der Waals surface area contributed by atoms with Crippen LogP contribution in [0.2, 0.25) is 0 Å². The van der Waals surface area contributed by atoms with Gasteiger partial charge in [0, 0.05) is 32.5 Å². The molecule has 0 saturated carbocycles. The number of rotatable bonds is 7. The lowest BCUT2D eigenvalue weighted by Gasteiger charge is -2.17. The maximum atomic E-state index is 12.2. The Morgan fingerprint density at radius 1 is 1.16 bits per heavy atom. The van der Waals surface area contributed by atoms with E-state index in [2.05, 4.69) is 10.2 Å². The molecule has 6 heteroatoms. The highest BCUT2D eigenvalue weighted by Crippen LogP contribution is 2.20. The molecule has 2 N–H and O–H groups in total. The Balaban J connectivity index is 1.55. The van der Waals surface area contributed by atoms with E-state index in [1.807, 2.05) is 36.4 Å². The Morgan fingerprint density at radius 3 is 2.64 bits per heavy atom. The number of aliphatic carboxylic acids is 1. The summed E-state index contributed by atoms with van der Waals surface area (Å²) in [7, 11) is 0. The molecule has 1 aromatic heterocycles. The first kappa shape index (κ1) is 17.2. The Kier molecular flexibility index (Phi) is 5.50. The molecule has 132 valence electrons. The number of furan rings is 1. The van der Waals surface area contributed by atoms with Crippen LogP contribution in [0.4, 0.5) is 0 Å². The molecule has 2 atom stereocenters. The highest BCUT2D eigenvalue weighted by molar-refractivity contribution is 5.78. The maximum absolute atomic E-state index is 12.2. The third-order valence-electron chi connectivity index (χ3n) is 4.49. The quantitative estimate of drug-likeness (QED) is 0.803. The number of carboxylic acid groups (broad SMARTS) is 1. The van der Waals surface area contributed by atoms with E-state index in [-0.39, 0.29) is 18.4 Å². The van der Waals surface area contributed by atoms with E-state index in [0.717, 1.165) is 11.3 Å². The second-order valence-corrected chi connectivity index (χ2v) is 6.38. The van der Waals surface area contributed by atoms with Crippen LogP contribution in [0.25, 0.3) is 0 Å². The molecule has 0 aliphatic carbocycles. The summed E-state index contributed by atoms with van der Waals surface area (Å²) in [6.07, 6.45) is 2.37. The van der Waals surface area contributed by atoms with Crippen molar-refractivity contribution in [3.05, 3.63) is 60.1 Å². The number of benzene rings is 1. The van der Waals surface area contributed by atoms with Gasteiger partial charge >= 0.3 is 5.97 Å². The van der Waals surface area contributed by atoms with E-state index < -0.39 is 11.9 Å². The number of hydrogen-bond acceptors (Lipinski definition) is 4. The van der Waals surface area contributed by atoms with Gasteiger partial charge in [0.25, 0.3) is 0 Å². The van der Waals surface area contributed by atoms with Crippen LogP contribution < -0.4 is 5.32 Å². The van der Waals surface area contributed by atoms with Crippen LogP contribution in [0.15, 0.2) is 53.1 Å². The van der Waals surface area contributed by atoms with E-state index >= 15 is 0 Å². The number of carbonyl (C=O) groups is 2. The molecule has 2 aromatic rings. The van der Waals surface area contributed by atoms with Crippen LogP contribution in [-0.2, 0) is 22.6 Å². The number of amides is 1. The summed E-state index contributed by atoms with van der Waals surface area (Å²) in [5.74, 6) is -0.848. The summed E-state index contributed by atoms with van der Waals surface area (Å²) in [4.78, 5) is 25.8. The summed E-state index contributed by atoms with van der Waals surface area (Å²) < 4.78 is 5.21. The van der Waals surface area contributed by atoms with Crippen molar-refractivity contribution in [3.8, 4) is 0 Å². The molecule has 0 spiro atoms. The zero-order chi connectivity index (χ0) is 17.6. The summed E-state index contributed by atoms with van der Waals surface area (Å²) in [6, 6.07) is 13.2. The number of aryl methyl sites for hydroxylation is 1. The molecular formula is C19H22N2O4. The molecule has 1 amide bonds. The zero-order valence-electron chi connectivity index (χ0n) is 13.9. The SMILES string of the molecule is O=C(CCc1ccco1)NC1CN(Cc2ccccc2)CC1C(=O)O. The fourth-order valence-corrected chi connectivity index (χ4v) is 3.22. The average molecular weight is 342 g/mol. The third kappa shape index (κ3) is 4.70. The van der Waals surface area contributed by atoms with Crippen LogP contribution in [-0.4, -0.2) is 41.0 Å². The lowest BCUT2D eigenvalue weighted by molar-refractivity contribution is -0.142. The minimum atomic E-state index is -0.869. The van der Waals surface area contributed by atoms with Crippen molar-refractivity contribution in [1.29, 1.82) is 0 Å². The van der Waals surface area contributed by atoms with Crippen LogP contribution in [0, 0.1) is 5.92 Å². The molecule has 2 unspecified atom stereocenters. The van der Waals surface area contributed by atoms with Crippen molar-refractivity contribution in [2.45, 2.75) is 25.4 Å². The highest BCUT2D eigenvalue weighted by atomic mass is 16.4. The fourth-order valence-electron chi connectivity index (χ4n) is 3.22. The number of nitrogens with zero attached hydrogens (tertiary/aromatic N) is 1. The van der Waals surface area contributed by atoms with Crippen molar-refractivity contribution in [2.75, 3.05) is 13.1 Å². The number of likely N-dealkylation sites (tertiary alicyclic amines) is 1. The first-order valence-corrected chi connectivity index (χ1v) is 8.42. The van der Waals surface area contributed by atoms with Crippen LogP contribution in [0.3, 0.4) is 0 Å². The number of nitrogens with one attached hydrogen (secondary N) is 1. The summed E-state index contributed by atoms with van der Waals surface area (Å²) in [6.45, 7) is 1.66. The molecule has 1 fully saturated rings. The molecular weight excluding hydrogens is 320 g/mol. The van der Waals surface area contributed by atoms with Crippen LogP contribution in [0.5, 0.6) is 0 Å². The summed E-state index contributed by atoms with van der Waals surface area (Å²) >= 11 is 0. The summed E-state index contributed by atoms with van der Waals surface area (Å²) in [5, 5.41) is 12.4. The highest BCUT2D eigenvalue weighted by Gasteiger charge is 2.38. The molecule has 25 heavy (non-hydrogen) atoms. The topological polar surface area (TPSA) is 82.8 Å². The molecule has 0 radical (unpaired) electrons. The van der Waals surface area contributed by atoms with Gasteiger partial charge in [-0.3, -0.25) is 14.5 Å². The minimum Gasteiger partial charge on any atom is -0.481 e. The number of carbonyl (C=O) groups excluding carboxylic acids is 1. The van der Waals surface area contributed by atoms with E-state index in [1.54, 1.807) is 12.3 Å². The van der Waals surface area contributed by atoms with Crippen molar-refractivity contribution >= 4 is 11.9 Å². The molecule has 2 heterocycles. The van der Waals surface area contributed by atoms with E-state index in [9.17, 15) is 14.7 Å². The predicted octanol–water partition coefficient (Wildman–Crippen LogP) is 1.91. The van der Waals surface area contributed by atoms with E-state index in [1.165, 1.54) is 0 Å². The normalized spacial score (nSPS) is 20.5. The van der Waals surface area contributed by atoms with E-state index in [4.69, 9.17) is 4.42 Å². The minimum absolute atomic E-state index is 0.144. The predicted molar refractivity (Wildman–Crippen MR) is 91.8 cm³/mol. The van der Waals surface area contributed by atoms with Crippen molar-refractivity contribution in [3.63, 3.8) is 0 Å². The second kappa shape index (κ2) is 7.98. The monoisotopic (exact) mass is 342 g/mol. The van der Waals surface area contributed by atoms with Gasteiger partial charge in [-0.2, -0.15) is 0 Å². The van der Waals surface area contributed by atoms with Gasteiger partial charge < -0.3 is 14.8 Å². The number of carboxylic acids is 1. The Morgan fingerprint density at radius 2 is 1.96 bits per heavy atom. The maximum Gasteiger partial charge on any atom is 0.309 e. The first-order chi connectivity index (χ1) is 12.1. The van der Waals surface area contributed by atoms with Gasteiger partial charge in [-0.05, 0) is 17.7 Å². The molecule has 1 aliphatic heterocycles. The fraction of sp³-hybridized carbons (Fsp3) is 0.368. The summed E-state index contributed by atoms with van der Waals surface area (Å²) in [5.41, 5.74) is 1.14. The molecule has 1 aromatic carbocycles. The molecule has 1 saturated heterocycles. The van der Waals surface area contributed by atoms with Gasteiger partial charge in [0.2, 0.25) is 5.91 Å². The molecule has 1 aliphatic rings. The first-order valence-electron chi connectivity index (χ1n) is 8.42. The lowest BCUT2D eigenvalue weighted by atomic mass is 10.0. The second-order valence-electron chi connectivity index (χ2n) is 6.38. The molecule has 3 rings (SSSR count). The largest absolute Gasteiger partial charge is 0.481 e. The molecule has 6 nitrogen and oxygen atoms in total. The van der Waals surface area contributed by atoms with Gasteiger partial charge in [0.05, 0.1) is 18.2 Å². The van der Waals surface area contributed by atoms with Gasteiger partial charge in [-0.1, -0.05) is 30.3 Å². The average Bonchev–Trinajstić information content (AvgIpc) is 3.24. The lowest BCUT2D eigenvalue weighted by Crippen LogP contribution is -2.43. The van der Waals surface area contributed by atoms with Crippen molar-refractivity contribution < 1.29 is 19.1 Å². The van der Waals surface area contributed by atoms with Gasteiger partial charge in [0.15, 0.2) is 0 Å². The third-order valence-corrected chi connectivity index (χ3v) is 4.49. The smallest absolute Gasteiger partial charge is 0.309 e. The Hall–Kier alpha value is -2.60. The van der Waals surface area contributed by atoms with Crippen molar-refractivity contribution in [2.24, 2.45) is 5.92 Å². The standard InChI is InChI=1S/C19H22N2O4/c22-18(9-8-15-7-4-10-25-15)20-17-13-21(12-16(17)19(23)24)11-14-5-2-1-3-6-14/h1-7,10,16-17H,8-9,11-13H2,(H,20,22)(H,23,24). The van der Waals surface area contributed by atoms with Gasteiger partial charge in [0.1, 0.15) is 5.76 Å². The molecule has 0 bridgehead atoms. The van der Waals surface area contributed by atoms with Crippen LogP contribution >= 0.6 is 0 Å². The van der Waals surface area contributed by atoms with E-state index in [0.29, 0.717) is 26.1 Å². The van der Waals surface area contributed by atoms with Gasteiger partial charge in [-0.15, -0.1) is 0 Å². The Labute approximate surface area is 146 Å². The van der Waals surface area contributed by atoms with Crippen molar-refractivity contribution in [1.82, 2.24) is 10.2 Å². The Bertz CT molecular complexity index is 699. The van der Waals surface area contributed by atoms with Crippen LogP contribution in [0.1, 0.15) is 17.7 Å². The zero-order valence-corrected chi connectivity index (χ0v) is 13.9. The van der Waals surface area contributed by atoms with Gasteiger partial charge in [-0.25, -0.2) is 0 Å². The number of hydrogen-bond donors (Lipinski definition) is 2.